The van der Waals surface area contributed by atoms with Crippen LogP contribution in [0.4, 0.5) is 13.9 Å². The molecular weight excluding hydrogens is 300 g/mol. The first-order chi connectivity index (χ1) is 10.0. The zero-order valence-electron chi connectivity index (χ0n) is 10.9. The van der Waals surface area contributed by atoms with Crippen LogP contribution in [0.15, 0.2) is 30.3 Å². The normalized spacial score (nSPS) is 11.0. The number of aryl methyl sites for hydroxylation is 1. The molecule has 2 aromatic rings. The fraction of sp³-hybridized carbons (Fsp3) is 0.154. The molecule has 0 fully saturated rings. The molecule has 1 amide bonds. The first-order valence-electron chi connectivity index (χ1n) is 5.87. The molecular formula is C13H11F2N3O2S. The van der Waals surface area contributed by atoms with Gasteiger partial charge in [-0.2, -0.15) is 8.78 Å². The Balaban J connectivity index is 1.92. The summed E-state index contributed by atoms with van der Waals surface area (Å²) in [7, 11) is 0. The maximum atomic E-state index is 12.0. The standard InChI is InChI=1S/C13H11F2N3O2S/c1-8-17-18-13(21-8)16-11(19)7-4-9-2-5-10(6-3-9)20-12(14)15/h2-7,12H,1H3,(H,16,18,19)/b7-4+. The smallest absolute Gasteiger partial charge is 0.387 e. The van der Waals surface area contributed by atoms with Crippen LogP contribution in [0.1, 0.15) is 10.6 Å². The molecule has 0 saturated heterocycles. The summed E-state index contributed by atoms with van der Waals surface area (Å²) in [5.41, 5.74) is 0.681. The van der Waals surface area contributed by atoms with E-state index in [1.807, 2.05) is 0 Å². The van der Waals surface area contributed by atoms with Gasteiger partial charge in [-0.15, -0.1) is 10.2 Å². The van der Waals surface area contributed by atoms with Crippen LogP contribution in [0.25, 0.3) is 6.08 Å². The summed E-state index contributed by atoms with van der Waals surface area (Å²) in [5.74, 6) is -0.282. The molecule has 0 radical (unpaired) electrons. The van der Waals surface area contributed by atoms with E-state index in [4.69, 9.17) is 0 Å². The lowest BCUT2D eigenvalue weighted by Gasteiger charge is -2.03. The van der Waals surface area contributed by atoms with Gasteiger partial charge in [-0.05, 0) is 30.7 Å². The second-order valence-corrected chi connectivity index (χ2v) is 5.08. The van der Waals surface area contributed by atoms with Crippen LogP contribution in [-0.2, 0) is 4.79 Å². The predicted molar refractivity (Wildman–Crippen MR) is 75.4 cm³/mol. The largest absolute Gasteiger partial charge is 0.435 e. The molecule has 110 valence electrons. The van der Waals surface area contributed by atoms with E-state index in [1.54, 1.807) is 25.1 Å². The van der Waals surface area contributed by atoms with Crippen LogP contribution in [-0.4, -0.2) is 22.7 Å². The number of aromatic nitrogens is 2. The first-order valence-corrected chi connectivity index (χ1v) is 6.68. The minimum atomic E-state index is -2.85. The average Bonchev–Trinajstić information content (AvgIpc) is 2.83. The zero-order valence-corrected chi connectivity index (χ0v) is 11.7. The molecule has 1 aromatic heterocycles. The monoisotopic (exact) mass is 311 g/mol. The highest BCUT2D eigenvalue weighted by molar-refractivity contribution is 7.15. The number of anilines is 1. The summed E-state index contributed by atoms with van der Waals surface area (Å²) in [5, 5.41) is 11.3. The second kappa shape index (κ2) is 6.89. The number of alkyl halides is 2. The van der Waals surface area contributed by atoms with Gasteiger partial charge in [0.15, 0.2) is 0 Å². The summed E-state index contributed by atoms with van der Waals surface area (Å²) >= 11 is 1.27. The fourth-order valence-corrected chi connectivity index (χ4v) is 2.02. The number of hydrogen-bond donors (Lipinski definition) is 1. The molecule has 0 aliphatic heterocycles. The van der Waals surface area contributed by atoms with Gasteiger partial charge in [0.05, 0.1) is 0 Å². The molecule has 1 aromatic carbocycles. The summed E-state index contributed by atoms with van der Waals surface area (Å²) < 4.78 is 28.2. The highest BCUT2D eigenvalue weighted by Gasteiger charge is 2.04. The fourth-order valence-electron chi connectivity index (χ4n) is 1.43. The number of benzene rings is 1. The minimum Gasteiger partial charge on any atom is -0.435 e. The summed E-state index contributed by atoms with van der Waals surface area (Å²) in [4.78, 5) is 11.6. The van der Waals surface area contributed by atoms with Gasteiger partial charge >= 0.3 is 6.61 Å². The van der Waals surface area contributed by atoms with Crippen LogP contribution in [0, 0.1) is 6.92 Å². The molecule has 0 spiro atoms. The molecule has 0 aliphatic rings. The number of nitrogens with one attached hydrogen (secondary N) is 1. The van der Waals surface area contributed by atoms with Crippen molar-refractivity contribution in [1.82, 2.24) is 10.2 Å². The third-order valence-electron chi connectivity index (χ3n) is 2.29. The number of carbonyl (C=O) groups excluding carboxylic acids is 1. The van der Waals surface area contributed by atoms with E-state index in [9.17, 15) is 13.6 Å². The van der Waals surface area contributed by atoms with Gasteiger partial charge in [0.25, 0.3) is 0 Å². The van der Waals surface area contributed by atoms with E-state index >= 15 is 0 Å². The number of nitrogens with zero attached hydrogens (tertiary/aromatic N) is 2. The Morgan fingerprint density at radius 1 is 1.33 bits per heavy atom. The lowest BCUT2D eigenvalue weighted by atomic mass is 10.2. The molecule has 21 heavy (non-hydrogen) atoms. The molecule has 0 atom stereocenters. The van der Waals surface area contributed by atoms with Gasteiger partial charge in [-0.3, -0.25) is 10.1 Å². The van der Waals surface area contributed by atoms with Gasteiger partial charge in [-0.1, -0.05) is 23.5 Å². The molecule has 0 unspecified atom stereocenters. The zero-order chi connectivity index (χ0) is 15.2. The highest BCUT2D eigenvalue weighted by Crippen LogP contribution is 2.16. The van der Waals surface area contributed by atoms with Crippen LogP contribution in [0.3, 0.4) is 0 Å². The van der Waals surface area contributed by atoms with Gasteiger partial charge < -0.3 is 4.74 Å². The second-order valence-electron chi connectivity index (χ2n) is 3.90. The third-order valence-corrected chi connectivity index (χ3v) is 3.04. The van der Waals surface area contributed by atoms with Crippen LogP contribution < -0.4 is 10.1 Å². The number of amides is 1. The predicted octanol–water partition coefficient (Wildman–Crippen LogP) is 3.10. The van der Waals surface area contributed by atoms with Crippen molar-refractivity contribution >= 4 is 28.5 Å². The Hall–Kier alpha value is -2.35. The van der Waals surface area contributed by atoms with Crippen LogP contribution in [0.5, 0.6) is 5.75 Å². The maximum absolute atomic E-state index is 12.0. The average molecular weight is 311 g/mol. The summed E-state index contributed by atoms with van der Waals surface area (Å²) in [6, 6.07) is 5.93. The van der Waals surface area contributed by atoms with Crippen molar-refractivity contribution in [3.8, 4) is 5.75 Å². The van der Waals surface area contributed by atoms with Gasteiger partial charge in [-0.25, -0.2) is 0 Å². The van der Waals surface area contributed by atoms with Crippen LogP contribution in [0.2, 0.25) is 0 Å². The van der Waals surface area contributed by atoms with E-state index in [-0.39, 0.29) is 11.7 Å². The Labute approximate surface area is 123 Å². The molecule has 0 bridgehead atoms. The number of carbonyl (C=O) groups is 1. The molecule has 0 saturated carbocycles. The Morgan fingerprint density at radius 2 is 2.05 bits per heavy atom. The van der Waals surface area contributed by atoms with Gasteiger partial charge in [0.1, 0.15) is 10.8 Å². The number of halogens is 2. The third kappa shape index (κ3) is 4.92. The topological polar surface area (TPSA) is 64.1 Å². The van der Waals surface area contributed by atoms with Crippen molar-refractivity contribution < 1.29 is 18.3 Å². The molecule has 5 nitrogen and oxygen atoms in total. The maximum Gasteiger partial charge on any atom is 0.387 e. The molecule has 1 heterocycles. The number of hydrogen-bond acceptors (Lipinski definition) is 5. The van der Waals surface area contributed by atoms with Crippen molar-refractivity contribution in [1.29, 1.82) is 0 Å². The number of ether oxygens (including phenoxy) is 1. The molecule has 2 rings (SSSR count). The quantitative estimate of drug-likeness (QED) is 0.862. The Bertz CT molecular complexity index is 641. The lowest BCUT2D eigenvalue weighted by molar-refractivity contribution is -0.111. The van der Waals surface area contributed by atoms with E-state index in [0.29, 0.717) is 10.7 Å². The lowest BCUT2D eigenvalue weighted by Crippen LogP contribution is -2.07. The Kier molecular flexibility index (Phi) is 4.94. The summed E-state index contributed by atoms with van der Waals surface area (Å²) in [6.07, 6.45) is 2.87. The van der Waals surface area contributed by atoms with Gasteiger partial charge in [0.2, 0.25) is 11.0 Å². The van der Waals surface area contributed by atoms with Crippen molar-refractivity contribution in [2.75, 3.05) is 5.32 Å². The highest BCUT2D eigenvalue weighted by atomic mass is 32.1. The van der Waals surface area contributed by atoms with Gasteiger partial charge in [0, 0.05) is 6.08 Å². The number of rotatable bonds is 5. The van der Waals surface area contributed by atoms with E-state index < -0.39 is 6.61 Å². The Morgan fingerprint density at radius 3 is 2.62 bits per heavy atom. The molecule has 8 heteroatoms. The van der Waals surface area contributed by atoms with E-state index in [0.717, 1.165) is 5.01 Å². The van der Waals surface area contributed by atoms with Crippen molar-refractivity contribution in [2.24, 2.45) is 0 Å². The molecule has 0 aliphatic carbocycles. The SMILES string of the molecule is Cc1nnc(NC(=O)/C=C/c2ccc(OC(F)F)cc2)s1. The van der Waals surface area contributed by atoms with Crippen LogP contribution >= 0.6 is 11.3 Å². The van der Waals surface area contributed by atoms with Crippen molar-refractivity contribution in [3.05, 3.63) is 40.9 Å². The molecule has 1 N–H and O–H groups in total. The van der Waals surface area contributed by atoms with Crippen molar-refractivity contribution in [2.45, 2.75) is 13.5 Å². The van der Waals surface area contributed by atoms with E-state index in [1.165, 1.54) is 29.5 Å². The summed E-state index contributed by atoms with van der Waals surface area (Å²) in [6.45, 7) is -1.07. The minimum absolute atomic E-state index is 0.0657. The van der Waals surface area contributed by atoms with Crippen molar-refractivity contribution in [3.63, 3.8) is 0 Å². The van der Waals surface area contributed by atoms with E-state index in [2.05, 4.69) is 20.3 Å². The first kappa shape index (κ1) is 15.0.